The molecule has 9 heteroatoms. The molecule has 0 amide bonds. The van der Waals surface area contributed by atoms with Crippen molar-refractivity contribution in [3.05, 3.63) is 81.2 Å². The van der Waals surface area contributed by atoms with Crippen LogP contribution in [-0.4, -0.2) is 51.3 Å². The highest BCUT2D eigenvalue weighted by molar-refractivity contribution is 6.31. The van der Waals surface area contributed by atoms with Crippen LogP contribution in [0, 0.1) is 0 Å². The Morgan fingerprint density at radius 2 is 1.47 bits per heavy atom. The van der Waals surface area contributed by atoms with Gasteiger partial charge >= 0.3 is 11.9 Å². The molecule has 0 fully saturated rings. The summed E-state index contributed by atoms with van der Waals surface area (Å²) in [4.78, 5) is 34.4. The van der Waals surface area contributed by atoms with Crippen molar-refractivity contribution in [2.45, 2.75) is 20.4 Å². The Hall–Kier alpha value is -3.13. The van der Waals surface area contributed by atoms with Crippen LogP contribution in [0.15, 0.2) is 65.6 Å². The number of aliphatic carboxylic acids is 2. The average molecular weight is 505 g/mol. The van der Waals surface area contributed by atoms with Crippen molar-refractivity contribution >= 4 is 45.9 Å². The van der Waals surface area contributed by atoms with E-state index in [4.69, 9.17) is 33.4 Å². The maximum atomic E-state index is 13.0. The second kappa shape index (κ2) is 12.9. The third-order valence-corrected chi connectivity index (χ3v) is 5.61. The van der Waals surface area contributed by atoms with Crippen molar-refractivity contribution in [3.8, 4) is 11.1 Å². The predicted molar refractivity (Wildman–Crippen MR) is 136 cm³/mol. The maximum Gasteiger partial charge on any atom is 0.328 e. The molecule has 1 heterocycles. The van der Waals surface area contributed by atoms with Gasteiger partial charge in [0.1, 0.15) is 0 Å². The molecule has 34 heavy (non-hydrogen) atoms. The molecule has 180 valence electrons. The molecule has 0 saturated heterocycles. The number of pyridine rings is 1. The van der Waals surface area contributed by atoms with Gasteiger partial charge in [-0.1, -0.05) is 55.2 Å². The molecule has 0 unspecified atom stereocenters. The quantitative estimate of drug-likeness (QED) is 0.417. The van der Waals surface area contributed by atoms with Crippen LogP contribution < -0.4 is 5.56 Å². The zero-order valence-electron chi connectivity index (χ0n) is 18.9. The van der Waals surface area contributed by atoms with Crippen molar-refractivity contribution in [3.63, 3.8) is 0 Å². The van der Waals surface area contributed by atoms with Gasteiger partial charge in [-0.25, -0.2) is 9.59 Å². The Morgan fingerprint density at radius 1 is 0.912 bits per heavy atom. The molecule has 0 spiro atoms. The summed E-state index contributed by atoms with van der Waals surface area (Å²) >= 11 is 12.2. The number of carboxylic acids is 2. The van der Waals surface area contributed by atoms with E-state index >= 15 is 0 Å². The number of halogens is 2. The summed E-state index contributed by atoms with van der Waals surface area (Å²) in [7, 11) is 0. The summed E-state index contributed by atoms with van der Waals surface area (Å²) in [6, 6.07) is 13.2. The van der Waals surface area contributed by atoms with E-state index < -0.39 is 11.9 Å². The molecule has 1 aromatic heterocycles. The number of hydrogen-bond donors (Lipinski definition) is 2. The monoisotopic (exact) mass is 504 g/mol. The highest BCUT2D eigenvalue weighted by Crippen LogP contribution is 2.29. The molecule has 2 aromatic carbocycles. The number of nitrogens with zero attached hydrogens (tertiary/aromatic N) is 2. The molecule has 0 radical (unpaired) electrons. The van der Waals surface area contributed by atoms with Crippen LogP contribution in [0.25, 0.3) is 21.9 Å². The van der Waals surface area contributed by atoms with Gasteiger partial charge in [0.2, 0.25) is 0 Å². The Labute approximate surface area is 207 Å². The molecule has 0 saturated carbocycles. The second-order valence-electron chi connectivity index (χ2n) is 7.27. The van der Waals surface area contributed by atoms with Crippen molar-refractivity contribution in [1.29, 1.82) is 0 Å². The smallest absolute Gasteiger partial charge is 0.328 e. The van der Waals surface area contributed by atoms with Crippen molar-refractivity contribution < 1.29 is 19.8 Å². The molecule has 3 rings (SSSR count). The number of rotatable bonds is 8. The van der Waals surface area contributed by atoms with Crippen LogP contribution in [0.5, 0.6) is 0 Å². The second-order valence-corrected chi connectivity index (χ2v) is 8.15. The van der Waals surface area contributed by atoms with Gasteiger partial charge in [-0.15, -0.1) is 0 Å². The van der Waals surface area contributed by atoms with Gasteiger partial charge in [0, 0.05) is 52.4 Å². The van der Waals surface area contributed by atoms with Gasteiger partial charge in [-0.3, -0.25) is 4.79 Å². The van der Waals surface area contributed by atoms with Crippen LogP contribution in [0.1, 0.15) is 13.8 Å². The van der Waals surface area contributed by atoms with Crippen LogP contribution in [0.2, 0.25) is 10.0 Å². The molecule has 0 aliphatic heterocycles. The van der Waals surface area contributed by atoms with Gasteiger partial charge in [-0.05, 0) is 48.3 Å². The lowest BCUT2D eigenvalue weighted by Gasteiger charge is -2.19. The number of carboxylic acid groups (broad SMARTS) is 2. The van der Waals surface area contributed by atoms with Gasteiger partial charge in [-0.2, -0.15) is 0 Å². The first-order chi connectivity index (χ1) is 16.2. The number of carbonyl (C=O) groups is 2. The Morgan fingerprint density at radius 3 is 2.00 bits per heavy atom. The molecule has 0 aliphatic carbocycles. The lowest BCUT2D eigenvalue weighted by Crippen LogP contribution is -2.30. The Kier molecular flexibility index (Phi) is 10.3. The molecule has 7 nitrogen and oxygen atoms in total. The molecule has 3 aromatic rings. The van der Waals surface area contributed by atoms with E-state index in [1.807, 2.05) is 42.6 Å². The fraction of sp³-hybridized carbons (Fsp3) is 0.240. The molecular weight excluding hydrogens is 479 g/mol. The molecule has 2 N–H and O–H groups in total. The molecule has 0 bridgehead atoms. The van der Waals surface area contributed by atoms with Gasteiger partial charge in [0.05, 0.1) is 0 Å². The molecule has 0 aliphatic rings. The first-order valence-electron chi connectivity index (χ1n) is 10.6. The fourth-order valence-electron chi connectivity index (χ4n) is 3.32. The fourth-order valence-corrected chi connectivity index (χ4v) is 3.62. The van der Waals surface area contributed by atoms with Crippen LogP contribution in [0.4, 0.5) is 0 Å². The first kappa shape index (κ1) is 27.1. The van der Waals surface area contributed by atoms with E-state index in [2.05, 4.69) is 18.7 Å². The van der Waals surface area contributed by atoms with Gasteiger partial charge in [0.15, 0.2) is 0 Å². The third-order valence-electron chi connectivity index (χ3n) is 5.12. The number of fused-ring (bicyclic) bond motifs is 1. The number of benzene rings is 2. The minimum Gasteiger partial charge on any atom is -0.478 e. The van der Waals surface area contributed by atoms with Gasteiger partial charge < -0.3 is 19.7 Å². The Balaban J connectivity index is 0.000000440. The van der Waals surface area contributed by atoms with E-state index in [0.717, 1.165) is 36.1 Å². The van der Waals surface area contributed by atoms with Crippen LogP contribution in [0.3, 0.4) is 0 Å². The number of hydrogen-bond acceptors (Lipinski definition) is 4. The van der Waals surface area contributed by atoms with Gasteiger partial charge in [0.25, 0.3) is 5.56 Å². The summed E-state index contributed by atoms with van der Waals surface area (Å²) < 4.78 is 1.79. The van der Waals surface area contributed by atoms with E-state index in [1.165, 1.54) is 0 Å². The van der Waals surface area contributed by atoms with Crippen molar-refractivity contribution in [2.24, 2.45) is 0 Å². The predicted octanol–water partition coefficient (Wildman–Crippen LogP) is 5.03. The SMILES string of the molecule is CCN(CC)CCn1cc(-c2ccc(Cl)cc2)c2ccc(Cl)cc2c1=O.O=C(O)/C=C\C(=O)O. The summed E-state index contributed by atoms with van der Waals surface area (Å²) in [6.45, 7) is 7.67. The van der Waals surface area contributed by atoms with E-state index in [1.54, 1.807) is 10.6 Å². The number of aromatic nitrogens is 1. The minimum absolute atomic E-state index is 0.00707. The summed E-state index contributed by atoms with van der Waals surface area (Å²) in [6.07, 6.45) is 3.07. The zero-order valence-corrected chi connectivity index (χ0v) is 20.4. The standard InChI is InChI=1S/C21H22Cl2N2O.C4H4O4/c1-3-24(4-2)11-12-25-14-20(15-5-7-16(22)8-6-15)18-10-9-17(23)13-19(18)21(25)26;5-3(6)1-2-4(7)8/h5-10,13-14H,3-4,11-12H2,1-2H3;1-2H,(H,5,6)(H,7,8)/b;2-1-. The minimum atomic E-state index is -1.26. The van der Waals surface area contributed by atoms with E-state index in [-0.39, 0.29) is 5.56 Å². The molecular formula is C25H26Cl2N2O5. The van der Waals surface area contributed by atoms with E-state index in [0.29, 0.717) is 34.1 Å². The van der Waals surface area contributed by atoms with Crippen LogP contribution in [-0.2, 0) is 16.1 Å². The topological polar surface area (TPSA) is 99.8 Å². The van der Waals surface area contributed by atoms with Crippen molar-refractivity contribution in [1.82, 2.24) is 9.47 Å². The normalized spacial score (nSPS) is 11.0. The summed E-state index contributed by atoms with van der Waals surface area (Å²) in [5, 5.41) is 18.4. The zero-order chi connectivity index (χ0) is 25.3. The Bertz CT molecular complexity index is 1220. The lowest BCUT2D eigenvalue weighted by molar-refractivity contribution is -0.134. The highest BCUT2D eigenvalue weighted by atomic mass is 35.5. The molecule has 0 atom stereocenters. The summed E-state index contributed by atoms with van der Waals surface area (Å²) in [5.41, 5.74) is 2.03. The largest absolute Gasteiger partial charge is 0.478 e. The van der Waals surface area contributed by atoms with E-state index in [9.17, 15) is 14.4 Å². The van der Waals surface area contributed by atoms with Crippen LogP contribution >= 0.6 is 23.2 Å². The maximum absolute atomic E-state index is 13.0. The lowest BCUT2D eigenvalue weighted by atomic mass is 10.0. The highest BCUT2D eigenvalue weighted by Gasteiger charge is 2.12. The van der Waals surface area contributed by atoms with Crippen molar-refractivity contribution in [2.75, 3.05) is 19.6 Å². The average Bonchev–Trinajstić information content (AvgIpc) is 2.81. The summed E-state index contributed by atoms with van der Waals surface area (Å²) in [5.74, 6) is -2.51. The third kappa shape index (κ3) is 7.73. The first-order valence-corrected chi connectivity index (χ1v) is 11.4. The number of likely N-dealkylation sites (N-methyl/N-ethyl adjacent to an activating group) is 1.